The van der Waals surface area contributed by atoms with Crippen molar-refractivity contribution in [2.75, 3.05) is 13.7 Å². The van der Waals surface area contributed by atoms with Gasteiger partial charge >= 0.3 is 0 Å². The summed E-state index contributed by atoms with van der Waals surface area (Å²) < 4.78 is 6.07. The number of aryl methyl sites for hydroxylation is 1. The molecule has 0 aliphatic carbocycles. The van der Waals surface area contributed by atoms with E-state index in [0.717, 1.165) is 0 Å². The fraction of sp³-hybridized carbons (Fsp3) is 0.444. The van der Waals surface area contributed by atoms with Crippen molar-refractivity contribution >= 4 is 5.69 Å². The Balaban J connectivity index is 3.12. The zero-order valence-electron chi connectivity index (χ0n) is 8.60. The van der Waals surface area contributed by atoms with Crippen LogP contribution in [0, 0.1) is 17.0 Å². The summed E-state index contributed by atoms with van der Waals surface area (Å²) in [5.41, 5.74) is 0.0690. The molecule has 0 aliphatic rings. The predicted molar refractivity (Wildman–Crippen MR) is 54.0 cm³/mol. The van der Waals surface area contributed by atoms with Crippen LogP contribution >= 0.6 is 0 Å². The van der Waals surface area contributed by atoms with E-state index in [1.54, 1.807) is 6.92 Å². The molecule has 0 atom stereocenters. The molecule has 0 aromatic carbocycles. The Labute approximate surface area is 86.2 Å². The average molecular weight is 212 g/mol. The van der Waals surface area contributed by atoms with Gasteiger partial charge in [-0.15, -0.1) is 0 Å². The zero-order chi connectivity index (χ0) is 11.4. The van der Waals surface area contributed by atoms with Crippen LogP contribution in [0.5, 0.6) is 0 Å². The van der Waals surface area contributed by atoms with Crippen LogP contribution in [0.4, 0.5) is 5.69 Å². The number of pyridine rings is 1. The normalized spacial score (nSPS) is 10.3. The molecule has 0 radical (unpaired) electrons. The molecular formula is C9H12N2O4. The second kappa shape index (κ2) is 4.70. The zero-order valence-corrected chi connectivity index (χ0v) is 8.60. The van der Waals surface area contributed by atoms with Crippen molar-refractivity contribution in [3.05, 3.63) is 38.3 Å². The van der Waals surface area contributed by atoms with E-state index in [9.17, 15) is 14.9 Å². The molecule has 0 fully saturated rings. The fourth-order valence-electron chi connectivity index (χ4n) is 1.21. The van der Waals surface area contributed by atoms with Crippen molar-refractivity contribution in [3.8, 4) is 0 Å². The first-order valence-electron chi connectivity index (χ1n) is 4.40. The Morgan fingerprint density at radius 3 is 2.80 bits per heavy atom. The van der Waals surface area contributed by atoms with E-state index in [-0.39, 0.29) is 11.2 Å². The number of rotatable bonds is 4. The average Bonchev–Trinajstić information content (AvgIpc) is 2.16. The molecule has 0 saturated heterocycles. The van der Waals surface area contributed by atoms with Crippen molar-refractivity contribution in [2.45, 2.75) is 13.5 Å². The van der Waals surface area contributed by atoms with Crippen molar-refractivity contribution in [1.29, 1.82) is 0 Å². The predicted octanol–water partition coefficient (Wildman–Crippen LogP) is 0.711. The summed E-state index contributed by atoms with van der Waals surface area (Å²) in [7, 11) is 1.51. The van der Waals surface area contributed by atoms with Gasteiger partial charge in [0.25, 0.3) is 11.2 Å². The second-order valence-electron chi connectivity index (χ2n) is 3.12. The van der Waals surface area contributed by atoms with Gasteiger partial charge in [-0.3, -0.25) is 14.9 Å². The summed E-state index contributed by atoms with van der Waals surface area (Å²) in [4.78, 5) is 21.5. The molecule has 6 heteroatoms. The van der Waals surface area contributed by atoms with Gasteiger partial charge in [0.05, 0.1) is 17.7 Å². The molecule has 0 N–H and O–H groups in total. The molecule has 0 bridgehead atoms. The van der Waals surface area contributed by atoms with Crippen molar-refractivity contribution < 1.29 is 9.66 Å². The Kier molecular flexibility index (Phi) is 3.56. The van der Waals surface area contributed by atoms with Gasteiger partial charge in [0, 0.05) is 25.3 Å². The van der Waals surface area contributed by atoms with Crippen LogP contribution in [0.2, 0.25) is 0 Å². The highest BCUT2D eigenvalue weighted by Gasteiger charge is 2.12. The third-order valence-corrected chi connectivity index (χ3v) is 2.04. The van der Waals surface area contributed by atoms with E-state index in [2.05, 4.69) is 0 Å². The summed E-state index contributed by atoms with van der Waals surface area (Å²) in [6.07, 6.45) is 1.25. The Morgan fingerprint density at radius 2 is 2.27 bits per heavy atom. The monoisotopic (exact) mass is 212 g/mol. The van der Waals surface area contributed by atoms with Crippen molar-refractivity contribution in [2.24, 2.45) is 0 Å². The van der Waals surface area contributed by atoms with Gasteiger partial charge in [0.1, 0.15) is 0 Å². The molecule has 0 aliphatic heterocycles. The fourth-order valence-corrected chi connectivity index (χ4v) is 1.21. The van der Waals surface area contributed by atoms with Gasteiger partial charge in [-0.25, -0.2) is 0 Å². The van der Waals surface area contributed by atoms with Crippen LogP contribution in [0.1, 0.15) is 5.56 Å². The minimum Gasteiger partial charge on any atom is -0.383 e. The van der Waals surface area contributed by atoms with E-state index in [1.165, 1.54) is 23.9 Å². The van der Waals surface area contributed by atoms with E-state index >= 15 is 0 Å². The third kappa shape index (κ3) is 2.63. The molecule has 15 heavy (non-hydrogen) atoms. The number of methoxy groups -OCH3 is 1. The second-order valence-corrected chi connectivity index (χ2v) is 3.12. The van der Waals surface area contributed by atoms with E-state index < -0.39 is 4.92 Å². The Morgan fingerprint density at radius 1 is 1.60 bits per heavy atom. The topological polar surface area (TPSA) is 74.4 Å². The number of hydrogen-bond donors (Lipinski definition) is 0. The molecule has 0 amide bonds. The highest BCUT2D eigenvalue weighted by molar-refractivity contribution is 5.35. The van der Waals surface area contributed by atoms with Gasteiger partial charge < -0.3 is 9.30 Å². The lowest BCUT2D eigenvalue weighted by atomic mass is 10.2. The minimum absolute atomic E-state index is 0.0503. The Bertz CT molecular complexity index is 425. The largest absolute Gasteiger partial charge is 0.383 e. The highest BCUT2D eigenvalue weighted by atomic mass is 16.6. The molecule has 0 spiro atoms. The van der Waals surface area contributed by atoms with Crippen LogP contribution in [0.25, 0.3) is 0 Å². The lowest BCUT2D eigenvalue weighted by molar-refractivity contribution is -0.385. The summed E-state index contributed by atoms with van der Waals surface area (Å²) in [6.45, 7) is 2.21. The Hall–Kier alpha value is -1.69. The van der Waals surface area contributed by atoms with Crippen LogP contribution in [0.15, 0.2) is 17.1 Å². The van der Waals surface area contributed by atoms with Crippen molar-refractivity contribution in [3.63, 3.8) is 0 Å². The van der Waals surface area contributed by atoms with E-state index in [4.69, 9.17) is 4.74 Å². The maximum atomic E-state index is 11.4. The summed E-state index contributed by atoms with van der Waals surface area (Å²) in [5.74, 6) is 0. The van der Waals surface area contributed by atoms with Crippen LogP contribution in [0.3, 0.4) is 0 Å². The summed E-state index contributed by atoms with van der Waals surface area (Å²) in [5, 5.41) is 10.6. The number of nitrogens with zero attached hydrogens (tertiary/aromatic N) is 2. The van der Waals surface area contributed by atoms with Crippen LogP contribution < -0.4 is 5.56 Å². The molecular weight excluding hydrogens is 200 g/mol. The standard InChI is InChI=1S/C9H12N2O4/c1-7-5-9(12)10(3-4-15-2)6-8(7)11(13)14/h5-6H,3-4H2,1-2H3. The lowest BCUT2D eigenvalue weighted by Crippen LogP contribution is -2.22. The number of nitro groups is 1. The van der Waals surface area contributed by atoms with Gasteiger partial charge in [0.15, 0.2) is 0 Å². The summed E-state index contributed by atoms with van der Waals surface area (Å²) >= 11 is 0. The number of ether oxygens (including phenoxy) is 1. The molecule has 6 nitrogen and oxygen atoms in total. The smallest absolute Gasteiger partial charge is 0.288 e. The first-order valence-corrected chi connectivity index (χ1v) is 4.40. The lowest BCUT2D eigenvalue weighted by Gasteiger charge is -2.05. The number of hydrogen-bond acceptors (Lipinski definition) is 4. The summed E-state index contributed by atoms with van der Waals surface area (Å²) in [6, 6.07) is 1.26. The molecule has 0 saturated carbocycles. The molecule has 1 rings (SSSR count). The maximum absolute atomic E-state index is 11.4. The first kappa shape index (κ1) is 11.4. The molecule has 1 aromatic rings. The van der Waals surface area contributed by atoms with E-state index in [1.807, 2.05) is 0 Å². The van der Waals surface area contributed by atoms with Gasteiger partial charge in [-0.05, 0) is 6.92 Å². The highest BCUT2D eigenvalue weighted by Crippen LogP contribution is 2.13. The number of aromatic nitrogens is 1. The van der Waals surface area contributed by atoms with Gasteiger partial charge in [-0.2, -0.15) is 0 Å². The maximum Gasteiger partial charge on any atom is 0.288 e. The molecule has 1 heterocycles. The van der Waals surface area contributed by atoms with Crippen LogP contribution in [-0.2, 0) is 11.3 Å². The van der Waals surface area contributed by atoms with Gasteiger partial charge in [-0.1, -0.05) is 0 Å². The molecule has 0 unspecified atom stereocenters. The SMILES string of the molecule is COCCn1cc([N+](=O)[O-])c(C)cc1=O. The van der Waals surface area contributed by atoms with Crippen molar-refractivity contribution in [1.82, 2.24) is 4.57 Å². The molecule has 1 aromatic heterocycles. The minimum atomic E-state index is -0.502. The van der Waals surface area contributed by atoms with E-state index in [0.29, 0.717) is 18.7 Å². The molecule has 82 valence electrons. The quantitative estimate of drug-likeness (QED) is 0.544. The third-order valence-electron chi connectivity index (χ3n) is 2.04. The van der Waals surface area contributed by atoms with Gasteiger partial charge in [0.2, 0.25) is 0 Å². The van der Waals surface area contributed by atoms with Crippen LogP contribution in [-0.4, -0.2) is 23.2 Å². The first-order chi connectivity index (χ1) is 7.06.